The number of carboxylic acids is 1. The van der Waals surface area contributed by atoms with Crippen LogP contribution in [0, 0.1) is 11.8 Å². The summed E-state index contributed by atoms with van der Waals surface area (Å²) in [4.78, 5) is 10.8. The third-order valence-corrected chi connectivity index (χ3v) is 3.26. The van der Waals surface area contributed by atoms with Gasteiger partial charge in [-0.05, 0) is 37.2 Å². The summed E-state index contributed by atoms with van der Waals surface area (Å²) in [7, 11) is 0. The molecule has 1 aliphatic carbocycles. The second kappa shape index (κ2) is 4.47. The second-order valence-corrected chi connectivity index (χ2v) is 4.40. The Hall–Kier alpha value is -1.31. The highest BCUT2D eigenvalue weighted by molar-refractivity contribution is 5.70. The van der Waals surface area contributed by atoms with Crippen molar-refractivity contribution in [2.45, 2.75) is 25.7 Å². The predicted molar refractivity (Wildman–Crippen MR) is 58.6 cm³/mol. The standard InChI is InChI=1S/C13H16O2/c14-13(15)12-7-6-11(9-12)8-10-4-2-1-3-5-10/h1-5,11-12H,6-9H2,(H,14,15)/t11-,12+/m0/s1. The molecule has 2 rings (SSSR count). The van der Waals surface area contributed by atoms with E-state index in [9.17, 15) is 4.79 Å². The number of hydrogen-bond donors (Lipinski definition) is 1. The van der Waals surface area contributed by atoms with Crippen LogP contribution in [-0.2, 0) is 11.2 Å². The molecular formula is C13H16O2. The van der Waals surface area contributed by atoms with Gasteiger partial charge >= 0.3 is 5.97 Å². The Morgan fingerprint density at radius 1 is 1.27 bits per heavy atom. The first-order valence-electron chi connectivity index (χ1n) is 5.52. The molecule has 0 bridgehead atoms. The minimum Gasteiger partial charge on any atom is -0.481 e. The van der Waals surface area contributed by atoms with E-state index in [1.807, 2.05) is 18.2 Å². The van der Waals surface area contributed by atoms with Gasteiger partial charge in [-0.15, -0.1) is 0 Å². The van der Waals surface area contributed by atoms with Crippen molar-refractivity contribution in [1.29, 1.82) is 0 Å². The lowest BCUT2D eigenvalue weighted by Crippen LogP contribution is -2.10. The molecule has 0 aromatic heterocycles. The summed E-state index contributed by atoms with van der Waals surface area (Å²) in [6.07, 6.45) is 3.80. The molecular weight excluding hydrogens is 188 g/mol. The lowest BCUT2D eigenvalue weighted by atomic mass is 9.97. The van der Waals surface area contributed by atoms with Crippen LogP contribution in [0.2, 0.25) is 0 Å². The van der Waals surface area contributed by atoms with Crippen molar-refractivity contribution in [1.82, 2.24) is 0 Å². The van der Waals surface area contributed by atoms with Crippen molar-refractivity contribution in [2.75, 3.05) is 0 Å². The van der Waals surface area contributed by atoms with E-state index in [4.69, 9.17) is 5.11 Å². The van der Waals surface area contributed by atoms with Crippen molar-refractivity contribution >= 4 is 5.97 Å². The molecule has 1 saturated carbocycles. The van der Waals surface area contributed by atoms with E-state index in [1.54, 1.807) is 0 Å². The van der Waals surface area contributed by atoms with E-state index in [-0.39, 0.29) is 5.92 Å². The number of carboxylic acid groups (broad SMARTS) is 1. The van der Waals surface area contributed by atoms with Crippen molar-refractivity contribution in [2.24, 2.45) is 11.8 Å². The van der Waals surface area contributed by atoms with Gasteiger partial charge < -0.3 is 5.11 Å². The van der Waals surface area contributed by atoms with Crippen molar-refractivity contribution < 1.29 is 9.90 Å². The molecule has 0 radical (unpaired) electrons. The van der Waals surface area contributed by atoms with Crippen LogP contribution in [0.4, 0.5) is 0 Å². The maximum atomic E-state index is 10.8. The van der Waals surface area contributed by atoms with Crippen LogP contribution in [0.15, 0.2) is 30.3 Å². The maximum absolute atomic E-state index is 10.8. The second-order valence-electron chi connectivity index (χ2n) is 4.40. The summed E-state index contributed by atoms with van der Waals surface area (Å²) < 4.78 is 0. The SMILES string of the molecule is O=C(O)[C@@H]1CC[C@@H](Cc2ccccc2)C1. The molecule has 1 aromatic rings. The maximum Gasteiger partial charge on any atom is 0.306 e. The molecule has 0 saturated heterocycles. The highest BCUT2D eigenvalue weighted by Crippen LogP contribution is 2.33. The van der Waals surface area contributed by atoms with Gasteiger partial charge in [0.15, 0.2) is 0 Å². The van der Waals surface area contributed by atoms with Crippen LogP contribution >= 0.6 is 0 Å². The van der Waals surface area contributed by atoms with Gasteiger partial charge in [0.1, 0.15) is 0 Å². The number of aliphatic carboxylic acids is 1. The molecule has 1 fully saturated rings. The Bertz CT molecular complexity index is 332. The lowest BCUT2D eigenvalue weighted by Gasteiger charge is -2.08. The van der Waals surface area contributed by atoms with E-state index in [1.165, 1.54) is 5.56 Å². The van der Waals surface area contributed by atoms with Gasteiger partial charge in [0.2, 0.25) is 0 Å². The zero-order valence-electron chi connectivity index (χ0n) is 8.73. The fourth-order valence-electron chi connectivity index (χ4n) is 2.43. The zero-order chi connectivity index (χ0) is 10.7. The van der Waals surface area contributed by atoms with Gasteiger partial charge in [0, 0.05) is 0 Å². The Labute approximate surface area is 89.9 Å². The van der Waals surface area contributed by atoms with Gasteiger partial charge in [-0.3, -0.25) is 4.79 Å². The molecule has 1 aromatic carbocycles. The van der Waals surface area contributed by atoms with Gasteiger partial charge in [-0.1, -0.05) is 30.3 Å². The van der Waals surface area contributed by atoms with Crippen LogP contribution in [0.25, 0.3) is 0 Å². The van der Waals surface area contributed by atoms with E-state index in [0.717, 1.165) is 25.7 Å². The third kappa shape index (κ3) is 2.58. The molecule has 2 heteroatoms. The van der Waals surface area contributed by atoms with E-state index in [2.05, 4.69) is 12.1 Å². The third-order valence-electron chi connectivity index (χ3n) is 3.26. The first kappa shape index (κ1) is 10.2. The summed E-state index contributed by atoms with van der Waals surface area (Å²) in [5.41, 5.74) is 1.33. The molecule has 1 N–H and O–H groups in total. The number of carbonyl (C=O) groups is 1. The van der Waals surface area contributed by atoms with Crippen molar-refractivity contribution in [3.63, 3.8) is 0 Å². The summed E-state index contributed by atoms with van der Waals surface area (Å²) in [6.45, 7) is 0. The number of rotatable bonds is 3. The summed E-state index contributed by atoms with van der Waals surface area (Å²) in [5, 5.41) is 8.90. The average molecular weight is 204 g/mol. The van der Waals surface area contributed by atoms with Crippen molar-refractivity contribution in [3.05, 3.63) is 35.9 Å². The smallest absolute Gasteiger partial charge is 0.306 e. The van der Waals surface area contributed by atoms with Crippen LogP contribution in [0.1, 0.15) is 24.8 Å². The molecule has 1 aliphatic rings. The molecule has 15 heavy (non-hydrogen) atoms. The average Bonchev–Trinajstić information content (AvgIpc) is 2.68. The quantitative estimate of drug-likeness (QED) is 0.822. The topological polar surface area (TPSA) is 37.3 Å². The molecule has 0 amide bonds. The van der Waals surface area contributed by atoms with Gasteiger partial charge in [0.25, 0.3) is 0 Å². The molecule has 2 nitrogen and oxygen atoms in total. The van der Waals surface area contributed by atoms with Gasteiger partial charge in [0.05, 0.1) is 5.92 Å². The summed E-state index contributed by atoms with van der Waals surface area (Å²) >= 11 is 0. The fourth-order valence-corrected chi connectivity index (χ4v) is 2.43. The van der Waals surface area contributed by atoms with E-state index in [0.29, 0.717) is 5.92 Å². The zero-order valence-corrected chi connectivity index (χ0v) is 8.73. The van der Waals surface area contributed by atoms with Crippen LogP contribution in [0.3, 0.4) is 0 Å². The summed E-state index contributed by atoms with van der Waals surface area (Å²) in [6, 6.07) is 10.3. The Morgan fingerprint density at radius 2 is 2.00 bits per heavy atom. The first-order chi connectivity index (χ1) is 7.25. The molecule has 0 aliphatic heterocycles. The van der Waals surface area contributed by atoms with Crippen LogP contribution in [-0.4, -0.2) is 11.1 Å². The highest BCUT2D eigenvalue weighted by atomic mass is 16.4. The largest absolute Gasteiger partial charge is 0.481 e. The van der Waals surface area contributed by atoms with E-state index >= 15 is 0 Å². The van der Waals surface area contributed by atoms with Gasteiger partial charge in [-0.2, -0.15) is 0 Å². The molecule has 0 unspecified atom stereocenters. The molecule has 80 valence electrons. The minimum atomic E-state index is -0.620. The molecule has 0 heterocycles. The molecule has 2 atom stereocenters. The normalized spacial score (nSPS) is 25.3. The minimum absolute atomic E-state index is 0.0984. The Balaban J connectivity index is 1.90. The summed E-state index contributed by atoms with van der Waals surface area (Å²) in [5.74, 6) is -0.155. The van der Waals surface area contributed by atoms with Crippen LogP contribution < -0.4 is 0 Å². The van der Waals surface area contributed by atoms with Crippen molar-refractivity contribution in [3.8, 4) is 0 Å². The lowest BCUT2D eigenvalue weighted by molar-refractivity contribution is -0.141. The molecule has 0 spiro atoms. The van der Waals surface area contributed by atoms with Crippen LogP contribution in [0.5, 0.6) is 0 Å². The fraction of sp³-hybridized carbons (Fsp3) is 0.462. The monoisotopic (exact) mass is 204 g/mol. The van der Waals surface area contributed by atoms with Gasteiger partial charge in [-0.25, -0.2) is 0 Å². The Morgan fingerprint density at radius 3 is 2.60 bits per heavy atom. The predicted octanol–water partition coefficient (Wildman–Crippen LogP) is 2.73. The highest BCUT2D eigenvalue weighted by Gasteiger charge is 2.29. The first-order valence-corrected chi connectivity index (χ1v) is 5.52. The number of benzene rings is 1. The number of hydrogen-bond acceptors (Lipinski definition) is 1. The van der Waals surface area contributed by atoms with E-state index < -0.39 is 5.97 Å². The Kier molecular flexibility index (Phi) is 3.05.